The number of amides is 2. The number of hydrogen-bond donors (Lipinski definition) is 1. The van der Waals surface area contributed by atoms with Crippen LogP contribution in [0.4, 0.5) is 4.79 Å². The fourth-order valence-electron chi connectivity index (χ4n) is 3.06. The van der Waals surface area contributed by atoms with Crippen LogP contribution < -0.4 is 0 Å². The number of aliphatic carboxylic acids is 1. The minimum atomic E-state index is -0.865. The molecule has 2 heterocycles. The van der Waals surface area contributed by atoms with Gasteiger partial charge in [-0.1, -0.05) is 26.7 Å². The fourth-order valence-corrected chi connectivity index (χ4v) is 3.06. The van der Waals surface area contributed by atoms with Gasteiger partial charge in [-0.25, -0.2) is 9.59 Å². The number of nitrogens with zero attached hydrogens (tertiary/aromatic N) is 2. The van der Waals surface area contributed by atoms with E-state index in [1.807, 2.05) is 4.90 Å². The van der Waals surface area contributed by atoms with Crippen LogP contribution in [0, 0.1) is 11.8 Å². The summed E-state index contributed by atoms with van der Waals surface area (Å²) in [5, 5.41) is 9.32. The SMILES string of the molecule is CC1CN(C(=O)N2CCCCCC2C(=O)O)CC1C. The normalized spacial score (nSPS) is 32.2. The van der Waals surface area contributed by atoms with E-state index in [0.29, 0.717) is 24.8 Å². The maximum atomic E-state index is 12.5. The summed E-state index contributed by atoms with van der Waals surface area (Å²) in [5.41, 5.74) is 0. The number of carboxylic acids is 1. The van der Waals surface area contributed by atoms with Crippen LogP contribution in [0.5, 0.6) is 0 Å². The third-order valence-electron chi connectivity index (χ3n) is 4.54. The third kappa shape index (κ3) is 3.01. The molecule has 2 saturated heterocycles. The van der Waals surface area contributed by atoms with Crippen molar-refractivity contribution in [1.29, 1.82) is 0 Å². The van der Waals surface area contributed by atoms with Crippen LogP contribution in [0.1, 0.15) is 39.5 Å². The van der Waals surface area contributed by atoms with Crippen LogP contribution in [0.15, 0.2) is 0 Å². The zero-order chi connectivity index (χ0) is 14.0. The molecule has 3 atom stereocenters. The van der Waals surface area contributed by atoms with E-state index in [1.165, 1.54) is 0 Å². The summed E-state index contributed by atoms with van der Waals surface area (Å²) in [7, 11) is 0. The van der Waals surface area contributed by atoms with Crippen molar-refractivity contribution in [3.8, 4) is 0 Å². The molecule has 5 nitrogen and oxygen atoms in total. The van der Waals surface area contributed by atoms with E-state index in [0.717, 1.165) is 32.4 Å². The van der Waals surface area contributed by atoms with Gasteiger partial charge in [0, 0.05) is 19.6 Å². The lowest BCUT2D eigenvalue weighted by Crippen LogP contribution is -2.50. The molecule has 0 radical (unpaired) electrons. The van der Waals surface area contributed by atoms with E-state index in [9.17, 15) is 14.7 Å². The maximum Gasteiger partial charge on any atom is 0.326 e. The Labute approximate surface area is 114 Å². The van der Waals surface area contributed by atoms with Crippen LogP contribution >= 0.6 is 0 Å². The smallest absolute Gasteiger partial charge is 0.326 e. The average Bonchev–Trinajstić information content (AvgIpc) is 2.59. The number of hydrogen-bond acceptors (Lipinski definition) is 2. The molecule has 0 aromatic rings. The Morgan fingerprint density at radius 3 is 2.26 bits per heavy atom. The largest absolute Gasteiger partial charge is 0.480 e. The number of likely N-dealkylation sites (tertiary alicyclic amines) is 2. The molecule has 1 N–H and O–H groups in total. The first-order chi connectivity index (χ1) is 9.00. The highest BCUT2D eigenvalue weighted by Gasteiger charge is 2.37. The van der Waals surface area contributed by atoms with Gasteiger partial charge in [-0.05, 0) is 24.7 Å². The molecule has 2 fully saturated rings. The van der Waals surface area contributed by atoms with Gasteiger partial charge in [0.2, 0.25) is 0 Å². The fraction of sp³-hybridized carbons (Fsp3) is 0.857. The number of rotatable bonds is 1. The van der Waals surface area contributed by atoms with Crippen molar-refractivity contribution in [2.45, 2.75) is 45.6 Å². The van der Waals surface area contributed by atoms with Crippen molar-refractivity contribution >= 4 is 12.0 Å². The van der Waals surface area contributed by atoms with Gasteiger partial charge in [-0.3, -0.25) is 0 Å². The molecule has 0 aromatic carbocycles. The number of carbonyl (C=O) groups excluding carboxylic acids is 1. The standard InChI is InChI=1S/C14H24N2O3/c1-10-8-15(9-11(10)2)14(19)16-7-5-3-4-6-12(16)13(17)18/h10-12H,3-9H2,1-2H3,(H,17,18). The molecule has 2 aliphatic rings. The monoisotopic (exact) mass is 268 g/mol. The zero-order valence-corrected chi connectivity index (χ0v) is 11.8. The summed E-state index contributed by atoms with van der Waals surface area (Å²) in [6.07, 6.45) is 3.41. The van der Waals surface area contributed by atoms with E-state index in [-0.39, 0.29) is 6.03 Å². The first-order valence-corrected chi connectivity index (χ1v) is 7.29. The molecule has 0 saturated carbocycles. The molecular weight excluding hydrogens is 244 g/mol. The van der Waals surface area contributed by atoms with Crippen LogP contribution in [0.2, 0.25) is 0 Å². The van der Waals surface area contributed by atoms with Crippen molar-refractivity contribution in [1.82, 2.24) is 9.80 Å². The topological polar surface area (TPSA) is 60.9 Å². The van der Waals surface area contributed by atoms with Crippen LogP contribution in [-0.4, -0.2) is 52.6 Å². The van der Waals surface area contributed by atoms with Gasteiger partial charge < -0.3 is 14.9 Å². The minimum absolute atomic E-state index is 0.0782. The van der Waals surface area contributed by atoms with E-state index >= 15 is 0 Å². The van der Waals surface area contributed by atoms with Crippen molar-refractivity contribution in [3.05, 3.63) is 0 Å². The Balaban J connectivity index is 2.08. The lowest BCUT2D eigenvalue weighted by molar-refractivity contribution is -0.142. The van der Waals surface area contributed by atoms with Crippen molar-refractivity contribution in [3.63, 3.8) is 0 Å². The lowest BCUT2D eigenvalue weighted by atomic mass is 10.0. The quantitative estimate of drug-likeness (QED) is 0.791. The first kappa shape index (κ1) is 14.2. The molecule has 108 valence electrons. The summed E-state index contributed by atoms with van der Waals surface area (Å²) in [6.45, 7) is 6.38. The second-order valence-electron chi connectivity index (χ2n) is 6.04. The molecule has 0 aromatic heterocycles. The average molecular weight is 268 g/mol. The maximum absolute atomic E-state index is 12.5. The molecule has 0 spiro atoms. The summed E-state index contributed by atoms with van der Waals surface area (Å²) in [5.74, 6) is 0.133. The Bertz CT molecular complexity index is 349. The molecular formula is C14H24N2O3. The van der Waals surface area contributed by atoms with Gasteiger partial charge >= 0.3 is 12.0 Å². The Kier molecular flexibility index (Phi) is 4.32. The number of carbonyl (C=O) groups is 2. The summed E-state index contributed by atoms with van der Waals surface area (Å²) in [4.78, 5) is 27.3. The summed E-state index contributed by atoms with van der Waals surface area (Å²) in [6, 6.07) is -0.716. The molecule has 0 bridgehead atoms. The molecule has 19 heavy (non-hydrogen) atoms. The van der Waals surface area contributed by atoms with Crippen molar-refractivity contribution < 1.29 is 14.7 Å². The van der Waals surface area contributed by atoms with Crippen LogP contribution in [0.25, 0.3) is 0 Å². The van der Waals surface area contributed by atoms with Crippen molar-refractivity contribution in [2.75, 3.05) is 19.6 Å². The van der Waals surface area contributed by atoms with Gasteiger partial charge in [0.15, 0.2) is 0 Å². The molecule has 0 aliphatic carbocycles. The Morgan fingerprint density at radius 1 is 1.05 bits per heavy atom. The third-order valence-corrected chi connectivity index (χ3v) is 4.54. The highest BCUT2D eigenvalue weighted by atomic mass is 16.4. The Hall–Kier alpha value is -1.26. The predicted octanol–water partition coefficient (Wildman–Crippen LogP) is 2.02. The Morgan fingerprint density at radius 2 is 1.68 bits per heavy atom. The zero-order valence-electron chi connectivity index (χ0n) is 11.8. The second-order valence-corrected chi connectivity index (χ2v) is 6.04. The minimum Gasteiger partial charge on any atom is -0.480 e. The van der Waals surface area contributed by atoms with Gasteiger partial charge in [-0.15, -0.1) is 0 Å². The van der Waals surface area contributed by atoms with Gasteiger partial charge in [0.1, 0.15) is 6.04 Å². The van der Waals surface area contributed by atoms with Crippen LogP contribution in [-0.2, 0) is 4.79 Å². The van der Waals surface area contributed by atoms with Gasteiger partial charge in [0.05, 0.1) is 0 Å². The van der Waals surface area contributed by atoms with E-state index < -0.39 is 12.0 Å². The predicted molar refractivity (Wildman–Crippen MR) is 71.9 cm³/mol. The highest BCUT2D eigenvalue weighted by Crippen LogP contribution is 2.25. The van der Waals surface area contributed by atoms with E-state index in [2.05, 4.69) is 13.8 Å². The lowest BCUT2D eigenvalue weighted by Gasteiger charge is -2.31. The molecule has 2 aliphatic heterocycles. The summed E-state index contributed by atoms with van der Waals surface area (Å²) < 4.78 is 0. The number of urea groups is 1. The van der Waals surface area contributed by atoms with Crippen molar-refractivity contribution in [2.24, 2.45) is 11.8 Å². The van der Waals surface area contributed by atoms with Gasteiger partial charge in [0.25, 0.3) is 0 Å². The second kappa shape index (κ2) is 5.80. The van der Waals surface area contributed by atoms with Crippen LogP contribution in [0.3, 0.4) is 0 Å². The first-order valence-electron chi connectivity index (χ1n) is 7.29. The summed E-state index contributed by atoms with van der Waals surface area (Å²) >= 11 is 0. The number of carboxylic acid groups (broad SMARTS) is 1. The molecule has 2 amide bonds. The highest BCUT2D eigenvalue weighted by molar-refractivity contribution is 5.83. The van der Waals surface area contributed by atoms with E-state index in [1.54, 1.807) is 4.90 Å². The van der Waals surface area contributed by atoms with Gasteiger partial charge in [-0.2, -0.15) is 0 Å². The molecule has 5 heteroatoms. The van der Waals surface area contributed by atoms with E-state index in [4.69, 9.17) is 0 Å². The molecule has 3 unspecified atom stereocenters. The molecule has 2 rings (SSSR count).